The number of rotatable bonds is 2. The molecule has 20 heavy (non-hydrogen) atoms. The standard InChI is InChI=1S/C14H17F3N2O/c1-13(6-2-3-7-13)19-12(20)10-8-9(14(15,16)17)4-5-11(10)18/h4-5,8H,2-3,6-7,18H2,1H3,(H,19,20). The molecule has 1 fully saturated rings. The van der Waals surface area contributed by atoms with Gasteiger partial charge in [0.05, 0.1) is 11.1 Å². The fourth-order valence-electron chi connectivity index (χ4n) is 2.55. The van der Waals surface area contributed by atoms with Gasteiger partial charge < -0.3 is 11.1 Å². The van der Waals surface area contributed by atoms with Crippen LogP contribution >= 0.6 is 0 Å². The first kappa shape index (κ1) is 14.7. The van der Waals surface area contributed by atoms with E-state index in [9.17, 15) is 18.0 Å². The van der Waals surface area contributed by atoms with Crippen LogP contribution in [-0.2, 0) is 6.18 Å². The van der Waals surface area contributed by atoms with Gasteiger partial charge in [-0.2, -0.15) is 13.2 Å². The second kappa shape index (κ2) is 5.00. The van der Waals surface area contributed by atoms with Crippen LogP contribution in [0.3, 0.4) is 0 Å². The van der Waals surface area contributed by atoms with Crippen LogP contribution in [0.5, 0.6) is 0 Å². The molecule has 3 N–H and O–H groups in total. The van der Waals surface area contributed by atoms with E-state index in [0.717, 1.165) is 43.9 Å². The Balaban J connectivity index is 2.25. The molecule has 0 spiro atoms. The van der Waals surface area contributed by atoms with Gasteiger partial charge in [0, 0.05) is 11.2 Å². The van der Waals surface area contributed by atoms with Crippen molar-refractivity contribution in [3.63, 3.8) is 0 Å². The molecule has 1 amide bonds. The molecule has 110 valence electrons. The van der Waals surface area contributed by atoms with Crippen molar-refractivity contribution in [2.75, 3.05) is 5.73 Å². The third kappa shape index (κ3) is 3.05. The first-order chi connectivity index (χ1) is 9.21. The van der Waals surface area contributed by atoms with Gasteiger partial charge in [-0.15, -0.1) is 0 Å². The Hall–Kier alpha value is -1.72. The van der Waals surface area contributed by atoms with Gasteiger partial charge in [-0.25, -0.2) is 0 Å². The minimum atomic E-state index is -4.49. The van der Waals surface area contributed by atoms with E-state index in [0.29, 0.717) is 0 Å². The summed E-state index contributed by atoms with van der Waals surface area (Å²) in [4.78, 5) is 12.1. The van der Waals surface area contributed by atoms with Gasteiger partial charge in [-0.1, -0.05) is 12.8 Å². The molecular weight excluding hydrogens is 269 g/mol. The molecular formula is C14H17F3N2O. The van der Waals surface area contributed by atoms with Gasteiger partial charge in [0.1, 0.15) is 0 Å². The fourth-order valence-corrected chi connectivity index (χ4v) is 2.55. The Morgan fingerprint density at radius 1 is 1.30 bits per heavy atom. The number of hydrogen-bond acceptors (Lipinski definition) is 2. The smallest absolute Gasteiger partial charge is 0.398 e. The molecule has 2 rings (SSSR count). The summed E-state index contributed by atoms with van der Waals surface area (Å²) in [5.74, 6) is -0.544. The Morgan fingerprint density at radius 2 is 1.90 bits per heavy atom. The van der Waals surface area contributed by atoms with Gasteiger partial charge in [0.2, 0.25) is 0 Å². The molecule has 0 atom stereocenters. The van der Waals surface area contributed by atoms with Crippen LogP contribution in [0.1, 0.15) is 48.5 Å². The number of nitrogens with two attached hydrogens (primary N) is 1. The second-order valence-corrected chi connectivity index (χ2v) is 5.52. The first-order valence-electron chi connectivity index (χ1n) is 6.50. The molecule has 1 saturated carbocycles. The summed E-state index contributed by atoms with van der Waals surface area (Å²) < 4.78 is 38.0. The molecule has 1 aliphatic rings. The van der Waals surface area contributed by atoms with Crippen LogP contribution in [0.25, 0.3) is 0 Å². The quantitative estimate of drug-likeness (QED) is 0.819. The predicted octanol–water partition coefficient (Wildman–Crippen LogP) is 3.35. The summed E-state index contributed by atoms with van der Waals surface area (Å²) >= 11 is 0. The number of benzene rings is 1. The van der Waals surface area contributed by atoms with E-state index in [4.69, 9.17) is 5.73 Å². The van der Waals surface area contributed by atoms with Crippen molar-refractivity contribution in [2.24, 2.45) is 0 Å². The van der Waals surface area contributed by atoms with Gasteiger partial charge in [-0.3, -0.25) is 4.79 Å². The molecule has 0 unspecified atom stereocenters. The van der Waals surface area contributed by atoms with Crippen LogP contribution in [0.15, 0.2) is 18.2 Å². The van der Waals surface area contributed by atoms with E-state index >= 15 is 0 Å². The van der Waals surface area contributed by atoms with Gasteiger partial charge >= 0.3 is 6.18 Å². The zero-order valence-electron chi connectivity index (χ0n) is 11.2. The lowest BCUT2D eigenvalue weighted by Gasteiger charge is -2.25. The Kier molecular flexibility index (Phi) is 3.67. The van der Waals surface area contributed by atoms with E-state index in [-0.39, 0.29) is 16.8 Å². The molecule has 0 saturated heterocycles. The van der Waals surface area contributed by atoms with Crippen molar-refractivity contribution in [3.05, 3.63) is 29.3 Å². The summed E-state index contributed by atoms with van der Waals surface area (Å²) in [6.45, 7) is 1.90. The monoisotopic (exact) mass is 286 g/mol. The van der Waals surface area contributed by atoms with Crippen LogP contribution in [0.2, 0.25) is 0 Å². The summed E-state index contributed by atoms with van der Waals surface area (Å²) in [7, 11) is 0. The fraction of sp³-hybridized carbons (Fsp3) is 0.500. The molecule has 1 aliphatic carbocycles. The lowest BCUT2D eigenvalue weighted by molar-refractivity contribution is -0.137. The molecule has 0 heterocycles. The summed E-state index contributed by atoms with van der Waals surface area (Å²) in [6, 6.07) is 2.81. The van der Waals surface area contributed by atoms with Crippen molar-refractivity contribution in [1.29, 1.82) is 0 Å². The predicted molar refractivity (Wildman–Crippen MR) is 70.2 cm³/mol. The average molecular weight is 286 g/mol. The van der Waals surface area contributed by atoms with Gasteiger partial charge in [0.15, 0.2) is 0 Å². The van der Waals surface area contributed by atoms with Crippen molar-refractivity contribution in [3.8, 4) is 0 Å². The highest BCUT2D eigenvalue weighted by Crippen LogP contribution is 2.32. The Morgan fingerprint density at radius 3 is 2.45 bits per heavy atom. The molecule has 0 aromatic heterocycles. The van der Waals surface area contributed by atoms with E-state index in [1.54, 1.807) is 0 Å². The van der Waals surface area contributed by atoms with E-state index < -0.39 is 17.6 Å². The van der Waals surface area contributed by atoms with E-state index in [1.807, 2.05) is 6.92 Å². The lowest BCUT2D eigenvalue weighted by atomic mass is 9.99. The number of anilines is 1. The highest BCUT2D eigenvalue weighted by atomic mass is 19.4. The van der Waals surface area contributed by atoms with Crippen LogP contribution in [0, 0.1) is 0 Å². The maximum absolute atomic E-state index is 12.7. The van der Waals surface area contributed by atoms with Crippen LogP contribution in [0.4, 0.5) is 18.9 Å². The summed E-state index contributed by atoms with van der Waals surface area (Å²) in [5, 5.41) is 2.80. The maximum Gasteiger partial charge on any atom is 0.416 e. The van der Waals surface area contributed by atoms with Crippen molar-refractivity contribution < 1.29 is 18.0 Å². The largest absolute Gasteiger partial charge is 0.416 e. The van der Waals surface area contributed by atoms with Crippen molar-refractivity contribution in [2.45, 2.75) is 44.3 Å². The third-order valence-corrected chi connectivity index (χ3v) is 3.75. The molecule has 6 heteroatoms. The van der Waals surface area contributed by atoms with Crippen LogP contribution < -0.4 is 11.1 Å². The number of nitrogens with one attached hydrogen (secondary N) is 1. The minimum absolute atomic E-state index is 0.0529. The average Bonchev–Trinajstić information content (AvgIpc) is 2.74. The van der Waals surface area contributed by atoms with Crippen LogP contribution in [-0.4, -0.2) is 11.4 Å². The zero-order valence-corrected chi connectivity index (χ0v) is 11.2. The number of halogens is 3. The molecule has 1 aromatic carbocycles. The number of hydrogen-bond donors (Lipinski definition) is 2. The number of carbonyl (C=O) groups excluding carboxylic acids is 1. The maximum atomic E-state index is 12.7. The molecule has 3 nitrogen and oxygen atoms in total. The van der Waals surface area contributed by atoms with E-state index in [2.05, 4.69) is 5.32 Å². The normalized spacial score (nSPS) is 18.0. The summed E-state index contributed by atoms with van der Waals surface area (Å²) in [5.41, 5.74) is 4.34. The highest BCUT2D eigenvalue weighted by Gasteiger charge is 2.34. The lowest BCUT2D eigenvalue weighted by Crippen LogP contribution is -2.43. The number of alkyl halides is 3. The summed E-state index contributed by atoms with van der Waals surface area (Å²) in [6.07, 6.45) is -0.807. The number of carbonyl (C=O) groups is 1. The van der Waals surface area contributed by atoms with Crippen molar-refractivity contribution in [1.82, 2.24) is 5.32 Å². The van der Waals surface area contributed by atoms with Gasteiger partial charge in [-0.05, 0) is 38.0 Å². The minimum Gasteiger partial charge on any atom is -0.398 e. The molecule has 0 bridgehead atoms. The second-order valence-electron chi connectivity index (χ2n) is 5.52. The number of nitrogen functional groups attached to an aromatic ring is 1. The molecule has 0 aliphatic heterocycles. The Bertz CT molecular complexity index is 520. The SMILES string of the molecule is CC1(NC(=O)c2cc(C(F)(F)F)ccc2N)CCCC1. The zero-order chi connectivity index (χ0) is 15.0. The molecule has 1 aromatic rings. The Labute approximate surface area is 115 Å². The first-order valence-corrected chi connectivity index (χ1v) is 6.50. The highest BCUT2D eigenvalue weighted by molar-refractivity contribution is 5.99. The van der Waals surface area contributed by atoms with Crippen molar-refractivity contribution >= 4 is 11.6 Å². The molecule has 0 radical (unpaired) electrons. The van der Waals surface area contributed by atoms with Gasteiger partial charge in [0.25, 0.3) is 5.91 Å². The topological polar surface area (TPSA) is 55.1 Å². The number of amides is 1. The van der Waals surface area contributed by atoms with E-state index in [1.165, 1.54) is 0 Å². The third-order valence-electron chi connectivity index (χ3n) is 3.75.